The second kappa shape index (κ2) is 11.0. The molecule has 0 aliphatic heterocycles. The number of fused-ring (bicyclic) bond motifs is 18. The van der Waals surface area contributed by atoms with Crippen LogP contribution in [0.25, 0.3) is 136 Å². The first-order valence-electron chi connectivity index (χ1n) is 20.9. The molecule has 62 heavy (non-hydrogen) atoms. The Labute approximate surface area is 351 Å². The van der Waals surface area contributed by atoms with Gasteiger partial charge < -0.3 is 17.9 Å². The Kier molecular flexibility index (Phi) is 5.71. The van der Waals surface area contributed by atoms with Gasteiger partial charge in [0.15, 0.2) is 5.69 Å². The van der Waals surface area contributed by atoms with Gasteiger partial charge in [0.1, 0.15) is 0 Å². The third kappa shape index (κ3) is 3.75. The van der Waals surface area contributed by atoms with Gasteiger partial charge >= 0.3 is 0 Å². The average molecular weight is 785 g/mol. The zero-order valence-corrected chi connectivity index (χ0v) is 32.8. The normalized spacial score (nSPS) is 12.5. The summed E-state index contributed by atoms with van der Waals surface area (Å²) in [5, 5.41) is 24.1. The van der Waals surface area contributed by atoms with E-state index in [9.17, 15) is 5.26 Å². The summed E-state index contributed by atoms with van der Waals surface area (Å²) in [6.45, 7) is 7.95. The predicted molar refractivity (Wildman–Crippen MR) is 255 cm³/mol. The molecule has 0 saturated carbocycles. The zero-order chi connectivity index (χ0) is 40.5. The molecule has 0 unspecified atom stereocenters. The molecular weight excluding hydrogens is 757 g/mol. The molecule has 0 radical (unpaired) electrons. The molecule has 0 fully saturated rings. The molecular formula is C56H28N6. The molecule has 9 aromatic carbocycles. The molecule has 15 aromatic rings. The Morgan fingerprint density at radius 1 is 0.355 bits per heavy atom. The molecule has 0 N–H and O–H groups in total. The van der Waals surface area contributed by atoms with Crippen LogP contribution in [-0.2, 0) is 0 Å². The minimum atomic E-state index is 0.627. The van der Waals surface area contributed by atoms with Crippen LogP contribution >= 0.6 is 0 Å². The Bertz CT molecular complexity index is 4200. The van der Waals surface area contributed by atoms with Gasteiger partial charge in [-0.1, -0.05) is 78.9 Å². The van der Waals surface area contributed by atoms with E-state index in [0.29, 0.717) is 11.3 Å². The van der Waals surface area contributed by atoms with Gasteiger partial charge in [0.2, 0.25) is 0 Å². The van der Waals surface area contributed by atoms with E-state index in [2.05, 4.69) is 187 Å². The van der Waals surface area contributed by atoms with Crippen LogP contribution in [0.1, 0.15) is 5.56 Å². The van der Waals surface area contributed by atoms with Crippen LogP contribution in [0.15, 0.2) is 170 Å². The first kappa shape index (κ1) is 32.1. The summed E-state index contributed by atoms with van der Waals surface area (Å²) >= 11 is 0. The van der Waals surface area contributed by atoms with Crippen molar-refractivity contribution in [3.63, 3.8) is 0 Å². The lowest BCUT2D eigenvalue weighted by Gasteiger charge is -2.10. The lowest BCUT2D eigenvalue weighted by Crippen LogP contribution is -1.93. The fraction of sp³-hybridized carbons (Fsp3) is 0. The molecule has 282 valence electrons. The second-order valence-corrected chi connectivity index (χ2v) is 16.7. The van der Waals surface area contributed by atoms with Gasteiger partial charge in [-0.25, -0.2) is 4.85 Å². The number of aromatic nitrogens is 4. The maximum absolute atomic E-state index is 10.1. The topological polar surface area (TPSA) is 46.8 Å². The van der Waals surface area contributed by atoms with Gasteiger partial charge in [0, 0.05) is 70.6 Å². The van der Waals surface area contributed by atoms with Crippen molar-refractivity contribution in [2.75, 3.05) is 0 Å². The fourth-order valence-electron chi connectivity index (χ4n) is 11.3. The maximum atomic E-state index is 10.1. The van der Waals surface area contributed by atoms with Gasteiger partial charge in [0.25, 0.3) is 0 Å². The van der Waals surface area contributed by atoms with Crippen LogP contribution in [0.2, 0.25) is 0 Å². The van der Waals surface area contributed by atoms with E-state index in [1.54, 1.807) is 0 Å². The van der Waals surface area contributed by atoms with E-state index < -0.39 is 0 Å². The molecule has 0 spiro atoms. The summed E-state index contributed by atoms with van der Waals surface area (Å²) in [6.07, 6.45) is 0. The summed E-state index contributed by atoms with van der Waals surface area (Å²) in [7, 11) is 0. The van der Waals surface area contributed by atoms with Crippen LogP contribution in [0.3, 0.4) is 0 Å². The summed E-state index contributed by atoms with van der Waals surface area (Å²) in [4.78, 5) is 3.87. The van der Waals surface area contributed by atoms with Crippen LogP contribution in [0, 0.1) is 17.9 Å². The number of nitriles is 1. The molecule has 0 amide bonds. The van der Waals surface area contributed by atoms with E-state index in [4.69, 9.17) is 6.57 Å². The minimum absolute atomic E-state index is 0.627. The number of benzene rings is 9. The average Bonchev–Trinajstić information content (AvgIpc) is 4.15. The van der Waals surface area contributed by atoms with Crippen LogP contribution in [0.4, 0.5) is 5.69 Å². The van der Waals surface area contributed by atoms with Gasteiger partial charge in [-0.05, 0) is 96.4 Å². The number of hydrogen-bond donors (Lipinski definition) is 0. The zero-order valence-electron chi connectivity index (χ0n) is 32.8. The molecule has 0 atom stereocenters. The molecule has 6 nitrogen and oxygen atoms in total. The monoisotopic (exact) mass is 784 g/mol. The summed E-state index contributed by atoms with van der Waals surface area (Å²) < 4.78 is 9.64. The highest BCUT2D eigenvalue weighted by Crippen LogP contribution is 2.48. The molecule has 0 aliphatic carbocycles. The van der Waals surface area contributed by atoms with Gasteiger partial charge in [-0.15, -0.1) is 0 Å². The Hall–Kier alpha value is -8.84. The van der Waals surface area contributed by atoms with E-state index >= 15 is 0 Å². The summed E-state index contributed by atoms with van der Waals surface area (Å²) in [5.41, 5.74) is 14.8. The smallest absolute Gasteiger partial charge is 0.188 e. The molecule has 0 bridgehead atoms. The van der Waals surface area contributed by atoms with E-state index in [-0.39, 0.29) is 0 Å². The third-order valence-corrected chi connectivity index (χ3v) is 13.8. The van der Waals surface area contributed by atoms with Gasteiger partial charge in [-0.2, -0.15) is 5.26 Å². The standard InChI is InChI=1S/C56H28N6/c1-58-32-19-21-52-40(23-32)44-25-34(60-49-16-8-4-12-37(49)38-13-5-9-17-50(38)60)27-46-42-28-41-45-26-33(59-47-14-6-2-10-35(47)36-11-3-7-15-48(36)59)24-43-39-22-31(30-57)18-20-51(39)61(55(43)45)53(41)29-54(42)62(52)56(44)46/h2-29H. The minimum Gasteiger partial charge on any atom is -0.309 e. The largest absolute Gasteiger partial charge is 0.309 e. The van der Waals surface area contributed by atoms with Crippen molar-refractivity contribution >= 4 is 125 Å². The summed E-state index contributed by atoms with van der Waals surface area (Å²) in [6, 6.07) is 63.5. The highest BCUT2D eigenvalue weighted by Gasteiger charge is 2.25. The fourth-order valence-corrected chi connectivity index (χ4v) is 11.3. The SMILES string of the molecule is [C-]#[N+]c1ccc2c(c1)c1cc(-n3c4ccccc4c4ccccc43)cc3c4cc5c6cc(-n7c8ccccc8c8ccccc87)cc7c8cc(C#N)ccc8n(c5cc4n2c13)c76. The highest BCUT2D eigenvalue weighted by molar-refractivity contribution is 6.30. The molecule has 6 heteroatoms. The van der Waals surface area contributed by atoms with E-state index in [0.717, 1.165) is 88.1 Å². The molecule has 15 rings (SSSR count). The van der Waals surface area contributed by atoms with Crippen molar-refractivity contribution < 1.29 is 0 Å². The van der Waals surface area contributed by atoms with Crippen LogP contribution in [-0.4, -0.2) is 17.9 Å². The van der Waals surface area contributed by atoms with Gasteiger partial charge in [-0.3, -0.25) is 0 Å². The van der Waals surface area contributed by atoms with Crippen molar-refractivity contribution in [1.82, 2.24) is 17.9 Å². The van der Waals surface area contributed by atoms with Crippen LogP contribution < -0.4 is 0 Å². The Morgan fingerprint density at radius 2 is 0.758 bits per heavy atom. The number of rotatable bonds is 2. The molecule has 6 aromatic heterocycles. The molecule has 0 aliphatic rings. The van der Waals surface area contributed by atoms with E-state index in [1.807, 2.05) is 12.1 Å². The lowest BCUT2D eigenvalue weighted by atomic mass is 10.0. The Balaban J connectivity index is 1.13. The predicted octanol–water partition coefficient (Wildman–Crippen LogP) is 14.6. The molecule has 6 heterocycles. The van der Waals surface area contributed by atoms with Crippen molar-refractivity contribution in [1.29, 1.82) is 5.26 Å². The van der Waals surface area contributed by atoms with Crippen molar-refractivity contribution in [3.8, 4) is 17.4 Å². The maximum Gasteiger partial charge on any atom is 0.188 e. The first-order chi connectivity index (χ1) is 30.7. The number of para-hydroxylation sites is 4. The highest BCUT2D eigenvalue weighted by atomic mass is 15.0. The van der Waals surface area contributed by atoms with E-state index in [1.165, 1.54) is 43.1 Å². The quantitative estimate of drug-likeness (QED) is 0.161. The molecule has 0 saturated heterocycles. The number of nitrogens with zero attached hydrogens (tertiary/aromatic N) is 6. The van der Waals surface area contributed by atoms with Gasteiger partial charge in [0.05, 0.1) is 73.4 Å². The van der Waals surface area contributed by atoms with Crippen molar-refractivity contribution in [2.24, 2.45) is 0 Å². The second-order valence-electron chi connectivity index (χ2n) is 16.7. The summed E-state index contributed by atoms with van der Waals surface area (Å²) in [5.74, 6) is 0. The Morgan fingerprint density at radius 3 is 1.19 bits per heavy atom. The third-order valence-electron chi connectivity index (χ3n) is 13.8. The van der Waals surface area contributed by atoms with Crippen LogP contribution in [0.5, 0.6) is 0 Å². The number of hydrogen-bond acceptors (Lipinski definition) is 1. The van der Waals surface area contributed by atoms with Crippen molar-refractivity contribution in [2.45, 2.75) is 0 Å². The lowest BCUT2D eigenvalue weighted by molar-refractivity contribution is 1.19. The van der Waals surface area contributed by atoms with Crippen molar-refractivity contribution in [3.05, 3.63) is 187 Å². The first-order valence-corrected chi connectivity index (χ1v) is 20.9.